The summed E-state index contributed by atoms with van der Waals surface area (Å²) in [5, 5.41) is 10.7. The van der Waals surface area contributed by atoms with Crippen LogP contribution in [0.2, 0.25) is 0 Å². The van der Waals surface area contributed by atoms with Crippen LogP contribution in [0.5, 0.6) is 0 Å². The van der Waals surface area contributed by atoms with Crippen molar-refractivity contribution in [2.24, 2.45) is 0 Å². The fourth-order valence-electron chi connectivity index (χ4n) is 1.54. The van der Waals surface area contributed by atoms with E-state index in [4.69, 9.17) is 0 Å². The Labute approximate surface area is 105 Å². The van der Waals surface area contributed by atoms with E-state index < -0.39 is 0 Å². The van der Waals surface area contributed by atoms with E-state index in [-0.39, 0.29) is 6.04 Å². The van der Waals surface area contributed by atoms with Gasteiger partial charge in [-0.15, -0.1) is 0 Å². The smallest absolute Gasteiger partial charge is 0.131 e. The van der Waals surface area contributed by atoms with Crippen LogP contribution in [0.3, 0.4) is 0 Å². The Hall–Kier alpha value is -1.62. The highest BCUT2D eigenvalue weighted by molar-refractivity contribution is 7.07. The number of anilines is 2. The Kier molecular flexibility index (Phi) is 3.93. The van der Waals surface area contributed by atoms with Gasteiger partial charge >= 0.3 is 0 Å². The topological polar surface area (TPSA) is 49.8 Å². The van der Waals surface area contributed by atoms with Crippen molar-refractivity contribution in [1.82, 2.24) is 9.97 Å². The zero-order chi connectivity index (χ0) is 12.1. The van der Waals surface area contributed by atoms with E-state index in [2.05, 4.69) is 44.4 Å². The molecule has 1 unspecified atom stereocenters. The van der Waals surface area contributed by atoms with Gasteiger partial charge in [-0.1, -0.05) is 0 Å². The molecule has 0 aromatic carbocycles. The van der Waals surface area contributed by atoms with E-state index in [0.717, 1.165) is 18.2 Å². The molecule has 2 heterocycles. The van der Waals surface area contributed by atoms with Gasteiger partial charge in [-0.05, 0) is 36.2 Å². The quantitative estimate of drug-likeness (QED) is 0.853. The van der Waals surface area contributed by atoms with Crippen LogP contribution in [0.15, 0.2) is 29.2 Å². The van der Waals surface area contributed by atoms with Gasteiger partial charge in [0.2, 0.25) is 0 Å². The second kappa shape index (κ2) is 5.63. The molecule has 2 rings (SSSR count). The zero-order valence-electron chi connectivity index (χ0n) is 9.97. The van der Waals surface area contributed by atoms with Gasteiger partial charge in [-0.25, -0.2) is 9.97 Å². The summed E-state index contributed by atoms with van der Waals surface area (Å²) >= 11 is 1.70. The largest absolute Gasteiger partial charge is 0.370 e. The number of hydrogen-bond donors (Lipinski definition) is 2. The average Bonchev–Trinajstić information content (AvgIpc) is 2.83. The fourth-order valence-corrected chi connectivity index (χ4v) is 2.29. The number of nitrogens with zero attached hydrogens (tertiary/aromatic N) is 2. The normalized spacial score (nSPS) is 12.1. The van der Waals surface area contributed by atoms with E-state index in [1.54, 1.807) is 17.7 Å². The number of thiophene rings is 1. The van der Waals surface area contributed by atoms with E-state index in [1.807, 2.05) is 13.0 Å². The van der Waals surface area contributed by atoms with E-state index in [0.29, 0.717) is 0 Å². The molecule has 0 aliphatic heterocycles. The number of rotatable bonds is 5. The summed E-state index contributed by atoms with van der Waals surface area (Å²) in [5.41, 5.74) is 1.28. The Morgan fingerprint density at radius 3 is 2.88 bits per heavy atom. The van der Waals surface area contributed by atoms with Crippen molar-refractivity contribution < 1.29 is 0 Å². The molecule has 4 nitrogen and oxygen atoms in total. The molecule has 0 saturated heterocycles. The van der Waals surface area contributed by atoms with Gasteiger partial charge in [0.1, 0.15) is 18.0 Å². The SMILES string of the molecule is CCNc1cc(NC(C)c2ccsc2)ncn1. The molecule has 0 spiro atoms. The third-order valence-corrected chi connectivity index (χ3v) is 3.13. The Bertz CT molecular complexity index is 455. The number of nitrogens with one attached hydrogen (secondary N) is 2. The highest BCUT2D eigenvalue weighted by Crippen LogP contribution is 2.20. The van der Waals surface area contributed by atoms with Gasteiger partial charge in [-0.2, -0.15) is 11.3 Å². The lowest BCUT2D eigenvalue weighted by molar-refractivity contribution is 0.877. The summed E-state index contributed by atoms with van der Waals surface area (Å²) in [6.45, 7) is 5.02. The molecular formula is C12H16N4S. The molecule has 2 aromatic heterocycles. The monoisotopic (exact) mass is 248 g/mol. The van der Waals surface area contributed by atoms with Crippen molar-refractivity contribution in [3.05, 3.63) is 34.8 Å². The maximum atomic E-state index is 4.21. The predicted octanol–water partition coefficient (Wildman–Crippen LogP) is 3.14. The van der Waals surface area contributed by atoms with Crippen LogP contribution in [-0.4, -0.2) is 16.5 Å². The molecule has 0 fully saturated rings. The first-order valence-corrected chi connectivity index (χ1v) is 6.58. The fraction of sp³-hybridized carbons (Fsp3) is 0.333. The minimum Gasteiger partial charge on any atom is -0.370 e. The van der Waals surface area contributed by atoms with Crippen molar-refractivity contribution in [1.29, 1.82) is 0 Å². The molecule has 0 radical (unpaired) electrons. The first-order chi connectivity index (χ1) is 8.29. The first-order valence-electron chi connectivity index (χ1n) is 5.64. The molecule has 0 amide bonds. The van der Waals surface area contributed by atoms with Gasteiger partial charge in [0.15, 0.2) is 0 Å². The van der Waals surface area contributed by atoms with E-state index in [1.165, 1.54) is 5.56 Å². The molecule has 2 N–H and O–H groups in total. The molecule has 0 aliphatic carbocycles. The predicted molar refractivity (Wildman–Crippen MR) is 72.6 cm³/mol. The number of hydrogen-bond acceptors (Lipinski definition) is 5. The van der Waals surface area contributed by atoms with Crippen molar-refractivity contribution >= 4 is 23.0 Å². The molecule has 1 atom stereocenters. The average molecular weight is 248 g/mol. The third-order valence-electron chi connectivity index (χ3n) is 2.43. The molecule has 0 saturated carbocycles. The van der Waals surface area contributed by atoms with Crippen LogP contribution in [0.1, 0.15) is 25.5 Å². The van der Waals surface area contributed by atoms with Gasteiger partial charge in [0, 0.05) is 12.6 Å². The highest BCUT2D eigenvalue weighted by Gasteiger charge is 2.06. The molecule has 2 aromatic rings. The minimum absolute atomic E-state index is 0.255. The van der Waals surface area contributed by atoms with Gasteiger partial charge in [-0.3, -0.25) is 0 Å². The van der Waals surface area contributed by atoms with Gasteiger partial charge in [0.25, 0.3) is 0 Å². The summed E-state index contributed by atoms with van der Waals surface area (Å²) in [4.78, 5) is 8.35. The highest BCUT2D eigenvalue weighted by atomic mass is 32.1. The summed E-state index contributed by atoms with van der Waals surface area (Å²) in [5.74, 6) is 1.69. The Morgan fingerprint density at radius 2 is 2.18 bits per heavy atom. The summed E-state index contributed by atoms with van der Waals surface area (Å²) < 4.78 is 0. The minimum atomic E-state index is 0.255. The van der Waals surface area contributed by atoms with Crippen LogP contribution in [0, 0.1) is 0 Å². The Morgan fingerprint density at radius 1 is 1.35 bits per heavy atom. The zero-order valence-corrected chi connectivity index (χ0v) is 10.8. The van der Waals surface area contributed by atoms with Gasteiger partial charge < -0.3 is 10.6 Å². The first kappa shape index (κ1) is 11.9. The molecule has 17 heavy (non-hydrogen) atoms. The van der Waals surface area contributed by atoms with Crippen LogP contribution in [0.4, 0.5) is 11.6 Å². The molecule has 5 heteroatoms. The molecule has 0 aliphatic rings. The maximum Gasteiger partial charge on any atom is 0.131 e. The van der Waals surface area contributed by atoms with Crippen molar-refractivity contribution in [3.63, 3.8) is 0 Å². The standard InChI is InChI=1S/C12H16N4S/c1-3-13-11-6-12(15-8-14-11)16-9(2)10-4-5-17-7-10/h4-9H,3H2,1-2H3,(H2,13,14,15,16). The second-order valence-corrected chi connectivity index (χ2v) is 4.52. The van der Waals surface area contributed by atoms with Crippen LogP contribution >= 0.6 is 11.3 Å². The van der Waals surface area contributed by atoms with Gasteiger partial charge in [0.05, 0.1) is 6.04 Å². The van der Waals surface area contributed by atoms with Crippen LogP contribution in [-0.2, 0) is 0 Å². The second-order valence-electron chi connectivity index (χ2n) is 3.74. The molecule has 0 bridgehead atoms. The van der Waals surface area contributed by atoms with Crippen molar-refractivity contribution in [3.8, 4) is 0 Å². The molecule has 90 valence electrons. The lowest BCUT2D eigenvalue weighted by Gasteiger charge is -2.13. The van der Waals surface area contributed by atoms with Crippen LogP contribution < -0.4 is 10.6 Å². The van der Waals surface area contributed by atoms with E-state index in [9.17, 15) is 0 Å². The lowest BCUT2D eigenvalue weighted by Crippen LogP contribution is -2.08. The van der Waals surface area contributed by atoms with Crippen molar-refractivity contribution in [2.75, 3.05) is 17.2 Å². The Balaban J connectivity index is 2.05. The summed E-state index contributed by atoms with van der Waals surface area (Å²) in [6.07, 6.45) is 1.57. The maximum absolute atomic E-state index is 4.21. The van der Waals surface area contributed by atoms with Crippen molar-refractivity contribution in [2.45, 2.75) is 19.9 Å². The van der Waals surface area contributed by atoms with Crippen LogP contribution in [0.25, 0.3) is 0 Å². The summed E-state index contributed by atoms with van der Waals surface area (Å²) in [7, 11) is 0. The third kappa shape index (κ3) is 3.17. The lowest BCUT2D eigenvalue weighted by atomic mass is 10.2. The summed E-state index contributed by atoms with van der Waals surface area (Å²) in [6, 6.07) is 4.30. The molecular weight excluding hydrogens is 232 g/mol. The number of aromatic nitrogens is 2. The van der Waals surface area contributed by atoms with E-state index >= 15 is 0 Å².